The third-order valence-electron chi connectivity index (χ3n) is 2.66. The van der Waals surface area contributed by atoms with E-state index in [0.29, 0.717) is 11.3 Å². The molecule has 0 atom stereocenters. The fourth-order valence-electron chi connectivity index (χ4n) is 1.66. The van der Waals surface area contributed by atoms with Crippen LogP contribution in [0.15, 0.2) is 41.0 Å². The first-order chi connectivity index (χ1) is 9.09. The van der Waals surface area contributed by atoms with Crippen LogP contribution in [0.1, 0.15) is 21.6 Å². The summed E-state index contributed by atoms with van der Waals surface area (Å²) in [6.07, 6.45) is 1.70. The number of hydrogen-bond donors (Lipinski definition) is 0. The van der Waals surface area contributed by atoms with Gasteiger partial charge in [0.15, 0.2) is 0 Å². The quantitative estimate of drug-likeness (QED) is 0.786. The van der Waals surface area contributed by atoms with Gasteiger partial charge in [-0.15, -0.1) is 0 Å². The maximum Gasteiger partial charge on any atom is 0.252 e. The summed E-state index contributed by atoms with van der Waals surface area (Å²) in [6, 6.07) is 8.92. The van der Waals surface area contributed by atoms with Crippen LogP contribution < -0.4 is 4.74 Å². The zero-order valence-electron chi connectivity index (χ0n) is 10.2. The highest BCUT2D eigenvalue weighted by atomic mass is 79.9. The van der Waals surface area contributed by atoms with Crippen molar-refractivity contribution in [2.45, 2.75) is 13.5 Å². The average Bonchev–Trinajstić information content (AvgIpc) is 2.38. The van der Waals surface area contributed by atoms with Gasteiger partial charge in [0.1, 0.15) is 12.4 Å². The van der Waals surface area contributed by atoms with Gasteiger partial charge in [-0.2, -0.15) is 0 Å². The topological polar surface area (TPSA) is 39.2 Å². The second-order valence-electron chi connectivity index (χ2n) is 3.92. The van der Waals surface area contributed by atoms with Gasteiger partial charge >= 0.3 is 0 Å². The van der Waals surface area contributed by atoms with Crippen molar-refractivity contribution in [3.05, 3.63) is 57.8 Å². The van der Waals surface area contributed by atoms with E-state index in [1.165, 1.54) is 0 Å². The minimum Gasteiger partial charge on any atom is -0.487 e. The first-order valence-corrected chi connectivity index (χ1v) is 6.78. The predicted molar refractivity (Wildman–Crippen MR) is 77.6 cm³/mol. The fraction of sp³-hybridized carbons (Fsp3) is 0.143. The van der Waals surface area contributed by atoms with Crippen LogP contribution in [0.5, 0.6) is 5.75 Å². The largest absolute Gasteiger partial charge is 0.487 e. The number of pyridine rings is 1. The first kappa shape index (κ1) is 14.0. The van der Waals surface area contributed by atoms with Crippen molar-refractivity contribution in [2.75, 3.05) is 0 Å². The van der Waals surface area contributed by atoms with E-state index in [1.54, 1.807) is 24.4 Å². The van der Waals surface area contributed by atoms with Gasteiger partial charge in [-0.25, -0.2) is 0 Å². The molecule has 0 amide bonds. The van der Waals surface area contributed by atoms with E-state index in [4.69, 9.17) is 16.3 Å². The van der Waals surface area contributed by atoms with E-state index in [-0.39, 0.29) is 6.61 Å². The van der Waals surface area contributed by atoms with E-state index >= 15 is 0 Å². The Balaban J connectivity index is 2.25. The van der Waals surface area contributed by atoms with Gasteiger partial charge < -0.3 is 4.74 Å². The zero-order valence-corrected chi connectivity index (χ0v) is 12.5. The predicted octanol–water partition coefficient (Wildman–Crippen LogP) is 4.11. The number of carbonyl (C=O) groups excluding carboxylic acids is 1. The van der Waals surface area contributed by atoms with E-state index in [1.807, 2.05) is 19.1 Å². The highest BCUT2D eigenvalue weighted by molar-refractivity contribution is 9.10. The first-order valence-electron chi connectivity index (χ1n) is 5.61. The van der Waals surface area contributed by atoms with E-state index in [9.17, 15) is 4.79 Å². The second-order valence-corrected chi connectivity index (χ2v) is 5.11. The number of aryl methyl sites for hydroxylation is 1. The van der Waals surface area contributed by atoms with Gasteiger partial charge in [0.2, 0.25) is 0 Å². The summed E-state index contributed by atoms with van der Waals surface area (Å²) >= 11 is 8.97. The summed E-state index contributed by atoms with van der Waals surface area (Å²) in [5.41, 5.74) is 1.97. The highest BCUT2D eigenvalue weighted by Gasteiger charge is 2.13. The molecule has 0 unspecified atom stereocenters. The van der Waals surface area contributed by atoms with Crippen molar-refractivity contribution >= 4 is 32.8 Å². The number of ether oxygens (including phenoxy) is 1. The molecular formula is C14H11BrClNO2. The third kappa shape index (κ3) is 3.33. The van der Waals surface area contributed by atoms with Crippen molar-refractivity contribution in [3.8, 4) is 5.75 Å². The van der Waals surface area contributed by atoms with Crippen molar-refractivity contribution < 1.29 is 9.53 Å². The summed E-state index contributed by atoms with van der Waals surface area (Å²) in [7, 11) is 0. The summed E-state index contributed by atoms with van der Waals surface area (Å²) in [5, 5.41) is -0.497. The molecule has 1 aromatic carbocycles. The molecule has 98 valence electrons. The second kappa shape index (κ2) is 6.17. The lowest BCUT2D eigenvalue weighted by Crippen LogP contribution is -2.04. The molecule has 3 nitrogen and oxygen atoms in total. The lowest BCUT2D eigenvalue weighted by Gasteiger charge is -2.11. The van der Waals surface area contributed by atoms with Crippen LogP contribution >= 0.6 is 27.5 Å². The van der Waals surface area contributed by atoms with Gasteiger partial charge in [0.05, 0.1) is 5.69 Å². The molecule has 0 aliphatic rings. The maximum absolute atomic E-state index is 11.4. The van der Waals surface area contributed by atoms with Crippen molar-refractivity contribution in [1.82, 2.24) is 4.98 Å². The van der Waals surface area contributed by atoms with Gasteiger partial charge in [0.25, 0.3) is 5.24 Å². The van der Waals surface area contributed by atoms with Gasteiger partial charge in [0, 0.05) is 21.8 Å². The van der Waals surface area contributed by atoms with Crippen LogP contribution in [0.3, 0.4) is 0 Å². The van der Waals surface area contributed by atoms with Crippen molar-refractivity contribution in [3.63, 3.8) is 0 Å². The number of nitrogens with zero attached hydrogens (tertiary/aromatic N) is 1. The molecule has 0 N–H and O–H groups in total. The average molecular weight is 341 g/mol. The molecule has 0 aliphatic heterocycles. The van der Waals surface area contributed by atoms with Crippen LogP contribution in [0, 0.1) is 6.92 Å². The number of aromatic nitrogens is 1. The smallest absolute Gasteiger partial charge is 0.252 e. The van der Waals surface area contributed by atoms with Crippen LogP contribution in [0.4, 0.5) is 0 Å². The van der Waals surface area contributed by atoms with Crippen molar-refractivity contribution in [1.29, 1.82) is 0 Å². The van der Waals surface area contributed by atoms with Crippen LogP contribution in [0.2, 0.25) is 0 Å². The number of rotatable bonds is 4. The Hall–Kier alpha value is -1.39. The Morgan fingerprint density at radius 2 is 2.16 bits per heavy atom. The van der Waals surface area contributed by atoms with Crippen LogP contribution in [-0.2, 0) is 6.61 Å². The molecule has 2 rings (SSSR count). The summed E-state index contributed by atoms with van der Waals surface area (Å²) in [6.45, 7) is 2.12. The Morgan fingerprint density at radius 3 is 2.84 bits per heavy atom. The van der Waals surface area contributed by atoms with Crippen LogP contribution in [-0.4, -0.2) is 10.2 Å². The minimum absolute atomic E-state index is 0.252. The molecule has 0 radical (unpaired) electrons. The molecule has 1 aromatic heterocycles. The van der Waals surface area contributed by atoms with Gasteiger partial charge in [-0.1, -0.05) is 22.0 Å². The Morgan fingerprint density at radius 1 is 1.37 bits per heavy atom. The fourth-order valence-corrected chi connectivity index (χ4v) is 2.32. The Labute approximate surface area is 124 Å². The third-order valence-corrected chi connectivity index (χ3v) is 3.61. The molecule has 0 saturated heterocycles. The monoisotopic (exact) mass is 339 g/mol. The van der Waals surface area contributed by atoms with Gasteiger partial charge in [-0.3, -0.25) is 9.78 Å². The highest BCUT2D eigenvalue weighted by Crippen LogP contribution is 2.24. The minimum atomic E-state index is -0.497. The summed E-state index contributed by atoms with van der Waals surface area (Å²) in [5.74, 6) is 0.686. The number of hydrogen-bond acceptors (Lipinski definition) is 3. The Bertz CT molecular complexity index is 616. The van der Waals surface area contributed by atoms with E-state index in [2.05, 4.69) is 20.9 Å². The molecule has 5 heteroatoms. The molecule has 1 heterocycles. The molecule has 0 spiro atoms. The van der Waals surface area contributed by atoms with E-state index < -0.39 is 5.24 Å². The molecule has 2 aromatic rings. The number of benzene rings is 1. The summed E-state index contributed by atoms with van der Waals surface area (Å²) < 4.78 is 6.48. The normalized spacial score (nSPS) is 10.3. The van der Waals surface area contributed by atoms with Crippen molar-refractivity contribution in [2.24, 2.45) is 0 Å². The molecule has 0 aliphatic carbocycles. The van der Waals surface area contributed by atoms with Crippen LogP contribution in [0.25, 0.3) is 0 Å². The molecule has 0 fully saturated rings. The number of halogens is 2. The molecule has 0 saturated carbocycles. The SMILES string of the molecule is Cc1ncccc1OCc1c(Br)cccc1C(=O)Cl. The Kier molecular flexibility index (Phi) is 4.56. The standard InChI is InChI=1S/C14H11BrClNO2/c1-9-13(6-3-7-17-9)19-8-11-10(14(16)18)4-2-5-12(11)15/h2-7H,8H2,1H3. The lowest BCUT2D eigenvalue weighted by atomic mass is 10.1. The lowest BCUT2D eigenvalue weighted by molar-refractivity contribution is 0.107. The van der Waals surface area contributed by atoms with Gasteiger partial charge in [-0.05, 0) is 42.8 Å². The molecule has 0 bridgehead atoms. The zero-order chi connectivity index (χ0) is 13.8. The van der Waals surface area contributed by atoms with E-state index in [0.717, 1.165) is 15.7 Å². The summed E-state index contributed by atoms with van der Waals surface area (Å²) in [4.78, 5) is 15.5. The number of carbonyl (C=O) groups is 1. The molecule has 19 heavy (non-hydrogen) atoms. The maximum atomic E-state index is 11.4. The molecular weight excluding hydrogens is 330 g/mol.